The van der Waals surface area contributed by atoms with Crippen LogP contribution in [0.25, 0.3) is 11.1 Å². The molecule has 0 saturated carbocycles. The summed E-state index contributed by atoms with van der Waals surface area (Å²) < 4.78 is 13.4. The van der Waals surface area contributed by atoms with Gasteiger partial charge in [0.25, 0.3) is 0 Å². The molecule has 0 atom stereocenters. The zero-order chi connectivity index (χ0) is 15.9. The molecule has 3 N–H and O–H groups in total. The molecule has 0 saturated heterocycles. The van der Waals surface area contributed by atoms with Crippen LogP contribution in [-0.4, -0.2) is 16.7 Å². The van der Waals surface area contributed by atoms with E-state index in [-0.39, 0.29) is 18.0 Å². The summed E-state index contributed by atoms with van der Waals surface area (Å²) >= 11 is 0. The maximum Gasteiger partial charge on any atom is 0.140 e. The zero-order valence-corrected chi connectivity index (χ0v) is 11.8. The van der Waals surface area contributed by atoms with Crippen molar-refractivity contribution in [3.63, 3.8) is 0 Å². The summed E-state index contributed by atoms with van der Waals surface area (Å²) in [6.45, 7) is 0.0769. The summed E-state index contributed by atoms with van der Waals surface area (Å²) in [5, 5.41) is 17.7. The van der Waals surface area contributed by atoms with Crippen LogP contribution in [0.1, 0.15) is 24.0 Å². The quantitative estimate of drug-likeness (QED) is 0.673. The molecule has 110 valence electrons. The van der Waals surface area contributed by atoms with E-state index in [1.165, 1.54) is 12.1 Å². The lowest BCUT2D eigenvalue weighted by Gasteiger charge is -2.07. The molecule has 0 unspecified atom stereocenters. The zero-order valence-electron chi connectivity index (χ0n) is 11.8. The molecular formula is C17H14FN3O. The number of rotatable bonds is 3. The Kier molecular flexibility index (Phi) is 5.08. The van der Waals surface area contributed by atoms with Crippen molar-refractivity contribution in [2.45, 2.75) is 12.8 Å². The summed E-state index contributed by atoms with van der Waals surface area (Å²) in [5.41, 5.74) is 7.72. The molecule has 0 amide bonds. The SMILES string of the molecule is N#Cc1cc(-c2ccnc(N)c2C#CCCCO)ccc1F. The van der Waals surface area contributed by atoms with Gasteiger partial charge in [0, 0.05) is 24.8 Å². The van der Waals surface area contributed by atoms with Gasteiger partial charge in [0.1, 0.15) is 17.7 Å². The van der Waals surface area contributed by atoms with E-state index in [0.717, 1.165) is 0 Å². The molecule has 1 aromatic heterocycles. The van der Waals surface area contributed by atoms with Crippen LogP contribution in [0.5, 0.6) is 0 Å². The van der Waals surface area contributed by atoms with Crippen LogP contribution < -0.4 is 5.73 Å². The molecule has 5 heteroatoms. The number of nitrogens with zero attached hydrogens (tertiary/aromatic N) is 2. The summed E-state index contributed by atoms with van der Waals surface area (Å²) in [6, 6.07) is 7.81. The first-order valence-corrected chi connectivity index (χ1v) is 6.71. The normalized spacial score (nSPS) is 9.68. The molecule has 1 aromatic carbocycles. The minimum absolute atomic E-state index is 0.0351. The van der Waals surface area contributed by atoms with Gasteiger partial charge < -0.3 is 10.8 Å². The van der Waals surface area contributed by atoms with Crippen molar-refractivity contribution in [3.8, 4) is 29.0 Å². The number of aliphatic hydroxyl groups is 1. The number of aromatic nitrogens is 1. The maximum absolute atomic E-state index is 13.4. The average molecular weight is 295 g/mol. The number of nitrogens with two attached hydrogens (primary N) is 1. The number of benzene rings is 1. The highest BCUT2D eigenvalue weighted by molar-refractivity contribution is 5.76. The maximum atomic E-state index is 13.4. The van der Waals surface area contributed by atoms with Gasteiger partial charge in [0.2, 0.25) is 0 Å². The minimum atomic E-state index is -0.566. The standard InChI is InChI=1S/C17H14FN3O/c18-16-6-5-12(10-13(16)11-19)14-7-8-21-17(20)15(14)4-2-1-3-9-22/h5-8,10,22H,1,3,9H2,(H2,20,21). The van der Waals surface area contributed by atoms with E-state index >= 15 is 0 Å². The Morgan fingerprint density at radius 3 is 2.86 bits per heavy atom. The third-order valence-electron chi connectivity index (χ3n) is 3.05. The number of hydrogen-bond donors (Lipinski definition) is 2. The number of nitriles is 1. The Balaban J connectivity index is 2.49. The second-order valence-electron chi connectivity index (χ2n) is 4.55. The molecule has 4 nitrogen and oxygen atoms in total. The first-order valence-electron chi connectivity index (χ1n) is 6.71. The Bertz CT molecular complexity index is 785. The van der Waals surface area contributed by atoms with Gasteiger partial charge in [-0.05, 0) is 30.2 Å². The highest BCUT2D eigenvalue weighted by Gasteiger charge is 2.10. The van der Waals surface area contributed by atoms with Crippen molar-refractivity contribution in [2.24, 2.45) is 0 Å². The van der Waals surface area contributed by atoms with E-state index in [1.807, 2.05) is 6.07 Å². The number of hydrogen-bond acceptors (Lipinski definition) is 4. The van der Waals surface area contributed by atoms with Crippen LogP contribution in [0.4, 0.5) is 10.2 Å². The van der Waals surface area contributed by atoms with Crippen molar-refractivity contribution in [3.05, 3.63) is 47.4 Å². The van der Waals surface area contributed by atoms with E-state index in [9.17, 15) is 4.39 Å². The smallest absolute Gasteiger partial charge is 0.140 e. The summed E-state index contributed by atoms with van der Waals surface area (Å²) in [6.07, 6.45) is 2.66. The molecule has 2 aromatic rings. The van der Waals surface area contributed by atoms with Crippen molar-refractivity contribution in [2.75, 3.05) is 12.3 Å². The largest absolute Gasteiger partial charge is 0.396 e. The highest BCUT2D eigenvalue weighted by Crippen LogP contribution is 2.27. The van der Waals surface area contributed by atoms with Gasteiger partial charge in [-0.3, -0.25) is 0 Å². The van der Waals surface area contributed by atoms with Crippen LogP contribution in [0.15, 0.2) is 30.5 Å². The molecule has 0 spiro atoms. The number of nitrogen functional groups attached to an aromatic ring is 1. The van der Waals surface area contributed by atoms with Gasteiger partial charge >= 0.3 is 0 Å². The highest BCUT2D eigenvalue weighted by atomic mass is 19.1. The van der Waals surface area contributed by atoms with Crippen LogP contribution in [0.3, 0.4) is 0 Å². The van der Waals surface area contributed by atoms with Crippen LogP contribution in [-0.2, 0) is 0 Å². The second kappa shape index (κ2) is 7.21. The number of unbranched alkanes of at least 4 members (excludes halogenated alkanes) is 1. The number of anilines is 1. The fourth-order valence-corrected chi connectivity index (χ4v) is 1.95. The topological polar surface area (TPSA) is 82.9 Å². The number of pyridine rings is 1. The third kappa shape index (κ3) is 3.41. The van der Waals surface area contributed by atoms with E-state index in [2.05, 4.69) is 16.8 Å². The number of halogens is 1. The van der Waals surface area contributed by atoms with Gasteiger partial charge in [0.15, 0.2) is 0 Å². The van der Waals surface area contributed by atoms with Gasteiger partial charge in [-0.2, -0.15) is 5.26 Å². The van der Waals surface area contributed by atoms with Crippen molar-refractivity contribution in [1.82, 2.24) is 4.98 Å². The molecule has 22 heavy (non-hydrogen) atoms. The fourth-order valence-electron chi connectivity index (χ4n) is 1.95. The van der Waals surface area contributed by atoms with Crippen molar-refractivity contribution in [1.29, 1.82) is 5.26 Å². The second-order valence-corrected chi connectivity index (χ2v) is 4.55. The van der Waals surface area contributed by atoms with Gasteiger partial charge in [0.05, 0.1) is 11.1 Å². The molecule has 0 aliphatic rings. The van der Waals surface area contributed by atoms with Crippen molar-refractivity contribution >= 4 is 5.82 Å². The van der Waals surface area contributed by atoms with E-state index < -0.39 is 5.82 Å². The lowest BCUT2D eigenvalue weighted by atomic mass is 9.99. The molecule has 0 bridgehead atoms. The number of aliphatic hydroxyl groups excluding tert-OH is 1. The van der Waals surface area contributed by atoms with E-state index in [4.69, 9.17) is 16.1 Å². The lowest BCUT2D eigenvalue weighted by Crippen LogP contribution is -1.97. The molecule has 2 rings (SSSR count). The van der Waals surface area contributed by atoms with E-state index in [0.29, 0.717) is 29.5 Å². The lowest BCUT2D eigenvalue weighted by molar-refractivity contribution is 0.290. The first kappa shape index (κ1) is 15.5. The Morgan fingerprint density at radius 2 is 2.14 bits per heavy atom. The monoisotopic (exact) mass is 295 g/mol. The Labute approximate surface area is 128 Å². The molecule has 0 radical (unpaired) electrons. The van der Waals surface area contributed by atoms with Crippen LogP contribution in [0, 0.1) is 29.0 Å². The average Bonchev–Trinajstić information content (AvgIpc) is 2.53. The first-order chi connectivity index (χ1) is 10.7. The van der Waals surface area contributed by atoms with Gasteiger partial charge in [-0.25, -0.2) is 9.37 Å². The third-order valence-corrected chi connectivity index (χ3v) is 3.05. The molecule has 1 heterocycles. The minimum Gasteiger partial charge on any atom is -0.396 e. The summed E-state index contributed by atoms with van der Waals surface area (Å²) in [5.74, 6) is 5.58. The molecule has 0 aliphatic carbocycles. The van der Waals surface area contributed by atoms with E-state index in [1.54, 1.807) is 18.3 Å². The predicted octanol–water partition coefficient (Wildman–Crippen LogP) is 2.47. The van der Waals surface area contributed by atoms with Crippen LogP contribution >= 0.6 is 0 Å². The summed E-state index contributed by atoms with van der Waals surface area (Å²) in [4.78, 5) is 4.01. The Hall–Kier alpha value is -2.89. The summed E-state index contributed by atoms with van der Waals surface area (Å²) in [7, 11) is 0. The Morgan fingerprint density at radius 1 is 1.32 bits per heavy atom. The van der Waals surface area contributed by atoms with Crippen molar-refractivity contribution < 1.29 is 9.50 Å². The predicted molar refractivity (Wildman–Crippen MR) is 82.0 cm³/mol. The molecule has 0 fully saturated rings. The van der Waals surface area contributed by atoms with Gasteiger partial charge in [-0.1, -0.05) is 17.9 Å². The van der Waals surface area contributed by atoms with Gasteiger partial charge in [-0.15, -0.1) is 0 Å². The van der Waals surface area contributed by atoms with Crippen LogP contribution in [0.2, 0.25) is 0 Å². The molecular weight excluding hydrogens is 281 g/mol. The molecule has 0 aliphatic heterocycles. The fraction of sp³-hybridized carbons (Fsp3) is 0.176.